The summed E-state index contributed by atoms with van der Waals surface area (Å²) in [5.41, 5.74) is 0.871. The van der Waals surface area contributed by atoms with Crippen LogP contribution in [0.2, 0.25) is 0 Å². The van der Waals surface area contributed by atoms with Gasteiger partial charge in [-0.3, -0.25) is 4.79 Å². The number of hydrogen-bond donors (Lipinski definition) is 1. The fraction of sp³-hybridized carbons (Fsp3) is 0.125. The fourth-order valence-electron chi connectivity index (χ4n) is 2.15. The monoisotopic (exact) mass is 362 g/mol. The quantitative estimate of drug-likeness (QED) is 0.754. The van der Waals surface area contributed by atoms with E-state index >= 15 is 0 Å². The third-order valence-corrected chi connectivity index (χ3v) is 5.07. The first-order chi connectivity index (χ1) is 11.4. The van der Waals surface area contributed by atoms with Gasteiger partial charge in [-0.15, -0.1) is 11.3 Å². The van der Waals surface area contributed by atoms with Crippen LogP contribution < -0.4 is 5.32 Å². The molecule has 0 saturated heterocycles. The molecule has 0 radical (unpaired) electrons. The highest BCUT2D eigenvalue weighted by atomic mass is 32.2. The summed E-state index contributed by atoms with van der Waals surface area (Å²) in [5, 5.41) is 5.15. The van der Waals surface area contributed by atoms with Crippen molar-refractivity contribution in [3.8, 4) is 0 Å². The summed E-state index contributed by atoms with van der Waals surface area (Å²) >= 11 is 1.42. The van der Waals surface area contributed by atoms with E-state index in [2.05, 4.69) is 10.3 Å². The largest absolute Gasteiger partial charge is 0.440 e. The minimum absolute atomic E-state index is 0.0621. The molecule has 0 bridgehead atoms. The number of carbonyl (C=O) groups is 1. The average Bonchev–Trinajstić information content (AvgIpc) is 3.24. The maximum Gasteiger partial charge on any atom is 0.287 e. The minimum Gasteiger partial charge on any atom is -0.440 e. The molecule has 1 amide bonds. The van der Waals surface area contributed by atoms with E-state index in [1.807, 2.05) is 35.7 Å². The van der Waals surface area contributed by atoms with Gasteiger partial charge in [-0.05, 0) is 17.7 Å². The van der Waals surface area contributed by atoms with Crippen LogP contribution in [-0.2, 0) is 9.84 Å². The van der Waals surface area contributed by atoms with Crippen molar-refractivity contribution < 1.29 is 17.6 Å². The van der Waals surface area contributed by atoms with Gasteiger partial charge in [-0.1, -0.05) is 30.3 Å². The van der Waals surface area contributed by atoms with Crippen LogP contribution in [0.1, 0.15) is 27.2 Å². The standard InChI is InChI=1S/C16H14N2O4S2/c1-24(20,21)13-8-7-12(22-13)15(19)18-14(16-17-9-10-23-16)11-5-3-2-4-6-11/h2-10,14H,1H3,(H,18,19). The first-order valence-electron chi connectivity index (χ1n) is 7.00. The lowest BCUT2D eigenvalue weighted by atomic mass is 10.1. The summed E-state index contributed by atoms with van der Waals surface area (Å²) in [4.78, 5) is 16.7. The van der Waals surface area contributed by atoms with Crippen molar-refractivity contribution in [2.75, 3.05) is 6.26 Å². The molecule has 0 aliphatic carbocycles. The van der Waals surface area contributed by atoms with E-state index in [1.165, 1.54) is 23.5 Å². The van der Waals surface area contributed by atoms with Crippen LogP contribution in [0.3, 0.4) is 0 Å². The number of benzene rings is 1. The van der Waals surface area contributed by atoms with E-state index in [9.17, 15) is 13.2 Å². The fourth-order valence-corrected chi connectivity index (χ4v) is 3.42. The lowest BCUT2D eigenvalue weighted by Crippen LogP contribution is -2.29. The Labute approximate surface area is 143 Å². The highest BCUT2D eigenvalue weighted by molar-refractivity contribution is 7.90. The number of carbonyl (C=O) groups excluding carboxylic acids is 1. The Bertz CT molecular complexity index is 932. The molecule has 124 valence electrons. The minimum atomic E-state index is -3.50. The predicted octanol–water partition coefficient (Wildman–Crippen LogP) is 2.66. The highest BCUT2D eigenvalue weighted by Gasteiger charge is 2.23. The number of rotatable bonds is 5. The lowest BCUT2D eigenvalue weighted by molar-refractivity contribution is 0.0909. The third-order valence-electron chi connectivity index (χ3n) is 3.28. The number of amides is 1. The van der Waals surface area contributed by atoms with Crippen molar-refractivity contribution in [3.63, 3.8) is 0 Å². The third kappa shape index (κ3) is 3.55. The van der Waals surface area contributed by atoms with Crippen molar-refractivity contribution in [3.05, 3.63) is 70.4 Å². The second kappa shape index (κ2) is 6.58. The van der Waals surface area contributed by atoms with Crippen LogP contribution in [0, 0.1) is 0 Å². The zero-order chi connectivity index (χ0) is 17.2. The Morgan fingerprint density at radius 3 is 2.54 bits per heavy atom. The number of furan rings is 1. The number of nitrogens with one attached hydrogen (secondary N) is 1. The zero-order valence-corrected chi connectivity index (χ0v) is 14.3. The van der Waals surface area contributed by atoms with Gasteiger partial charge in [-0.2, -0.15) is 0 Å². The van der Waals surface area contributed by atoms with E-state index in [4.69, 9.17) is 4.42 Å². The molecule has 6 nitrogen and oxygen atoms in total. The molecule has 3 aromatic rings. The summed E-state index contributed by atoms with van der Waals surface area (Å²) < 4.78 is 28.1. The molecule has 0 fully saturated rings. The van der Waals surface area contributed by atoms with Gasteiger partial charge in [0.15, 0.2) is 5.76 Å². The van der Waals surface area contributed by atoms with Crippen LogP contribution in [0.5, 0.6) is 0 Å². The van der Waals surface area contributed by atoms with Crippen LogP contribution in [-0.4, -0.2) is 25.6 Å². The first kappa shape index (κ1) is 16.4. The van der Waals surface area contributed by atoms with Gasteiger partial charge in [0.1, 0.15) is 11.0 Å². The average molecular weight is 362 g/mol. The van der Waals surface area contributed by atoms with Crippen molar-refractivity contribution in [2.45, 2.75) is 11.1 Å². The van der Waals surface area contributed by atoms with Crippen molar-refractivity contribution in [1.82, 2.24) is 10.3 Å². The molecule has 0 aliphatic rings. The topological polar surface area (TPSA) is 89.3 Å². The smallest absolute Gasteiger partial charge is 0.287 e. The van der Waals surface area contributed by atoms with Crippen molar-refractivity contribution >= 4 is 27.1 Å². The number of sulfone groups is 1. The van der Waals surface area contributed by atoms with Gasteiger partial charge in [0.2, 0.25) is 14.9 Å². The second-order valence-electron chi connectivity index (χ2n) is 5.08. The van der Waals surface area contributed by atoms with E-state index in [1.54, 1.807) is 6.20 Å². The summed E-state index contributed by atoms with van der Waals surface area (Å²) in [6.07, 6.45) is 2.69. The summed E-state index contributed by atoms with van der Waals surface area (Å²) in [7, 11) is -3.50. The Morgan fingerprint density at radius 1 is 1.21 bits per heavy atom. The molecule has 1 aromatic carbocycles. The van der Waals surface area contributed by atoms with E-state index in [-0.39, 0.29) is 10.9 Å². The number of nitrogens with zero attached hydrogens (tertiary/aromatic N) is 1. The molecule has 3 rings (SSSR count). The SMILES string of the molecule is CS(=O)(=O)c1ccc(C(=O)NC(c2ccccc2)c2nccs2)o1. The molecule has 8 heteroatoms. The van der Waals surface area contributed by atoms with E-state index < -0.39 is 21.8 Å². The molecular weight excluding hydrogens is 348 g/mol. The van der Waals surface area contributed by atoms with Gasteiger partial charge in [0.25, 0.3) is 5.91 Å². The normalized spacial score (nSPS) is 12.7. The van der Waals surface area contributed by atoms with Crippen molar-refractivity contribution in [1.29, 1.82) is 0 Å². The predicted molar refractivity (Wildman–Crippen MR) is 89.7 cm³/mol. The van der Waals surface area contributed by atoms with Crippen LogP contribution in [0.25, 0.3) is 0 Å². The van der Waals surface area contributed by atoms with E-state index in [0.717, 1.165) is 16.8 Å². The van der Waals surface area contributed by atoms with Gasteiger partial charge in [0.05, 0.1) is 0 Å². The summed E-state index contributed by atoms with van der Waals surface area (Å²) in [6, 6.07) is 11.6. The molecule has 1 atom stereocenters. The Kier molecular flexibility index (Phi) is 4.50. The van der Waals surface area contributed by atoms with Crippen LogP contribution in [0.15, 0.2) is 63.6 Å². The lowest BCUT2D eigenvalue weighted by Gasteiger charge is -2.16. The van der Waals surface area contributed by atoms with Gasteiger partial charge in [-0.25, -0.2) is 13.4 Å². The highest BCUT2D eigenvalue weighted by Crippen LogP contribution is 2.24. The Hall–Kier alpha value is -2.45. The molecular formula is C16H14N2O4S2. The molecule has 0 spiro atoms. The van der Waals surface area contributed by atoms with E-state index in [0.29, 0.717) is 0 Å². The van der Waals surface area contributed by atoms with Crippen LogP contribution >= 0.6 is 11.3 Å². The molecule has 0 aliphatic heterocycles. The molecule has 0 saturated carbocycles. The second-order valence-corrected chi connectivity index (χ2v) is 7.95. The van der Waals surface area contributed by atoms with Crippen LogP contribution in [0.4, 0.5) is 0 Å². The molecule has 24 heavy (non-hydrogen) atoms. The molecule has 2 aromatic heterocycles. The number of hydrogen-bond acceptors (Lipinski definition) is 6. The van der Waals surface area contributed by atoms with Crippen molar-refractivity contribution in [2.24, 2.45) is 0 Å². The van der Waals surface area contributed by atoms with Gasteiger partial charge < -0.3 is 9.73 Å². The Balaban J connectivity index is 1.88. The first-order valence-corrected chi connectivity index (χ1v) is 9.77. The maximum absolute atomic E-state index is 12.4. The molecule has 1 N–H and O–H groups in total. The number of thiazole rings is 1. The maximum atomic E-state index is 12.4. The molecule has 2 heterocycles. The zero-order valence-electron chi connectivity index (χ0n) is 12.7. The number of aromatic nitrogens is 1. The summed E-state index contributed by atoms with van der Waals surface area (Å²) in [6.45, 7) is 0. The summed E-state index contributed by atoms with van der Waals surface area (Å²) in [5.74, 6) is -0.568. The molecule has 1 unspecified atom stereocenters. The Morgan fingerprint density at radius 2 is 1.96 bits per heavy atom. The van der Waals surface area contributed by atoms with Gasteiger partial charge >= 0.3 is 0 Å². The van der Waals surface area contributed by atoms with Gasteiger partial charge in [0, 0.05) is 17.8 Å².